The maximum absolute atomic E-state index is 12.6. The molecule has 0 aliphatic carbocycles. The minimum Gasteiger partial charge on any atom is -0.374 e. The van der Waals surface area contributed by atoms with Crippen molar-refractivity contribution in [2.24, 2.45) is 0 Å². The van der Waals surface area contributed by atoms with Crippen molar-refractivity contribution in [2.75, 3.05) is 33.3 Å². The summed E-state index contributed by atoms with van der Waals surface area (Å²) in [5.41, 5.74) is -0.125. The van der Waals surface area contributed by atoms with Crippen molar-refractivity contribution in [3.63, 3.8) is 0 Å². The maximum atomic E-state index is 12.6. The molecule has 120 valence electrons. The van der Waals surface area contributed by atoms with Crippen molar-refractivity contribution in [1.82, 2.24) is 19.4 Å². The predicted octanol–water partition coefficient (Wildman–Crippen LogP) is -0.435. The number of ether oxygens (including phenoxy) is 1. The molecule has 2 atom stereocenters. The van der Waals surface area contributed by atoms with Crippen LogP contribution in [0.3, 0.4) is 0 Å². The normalized spacial score (nSPS) is 25.8. The summed E-state index contributed by atoms with van der Waals surface area (Å²) in [6, 6.07) is 1.54. The summed E-state index contributed by atoms with van der Waals surface area (Å²) < 4.78 is 7.28. The van der Waals surface area contributed by atoms with Gasteiger partial charge in [0.25, 0.3) is 5.56 Å². The van der Waals surface area contributed by atoms with Crippen LogP contribution < -0.4 is 5.56 Å². The van der Waals surface area contributed by atoms with Crippen LogP contribution in [0.5, 0.6) is 0 Å². The van der Waals surface area contributed by atoms with Gasteiger partial charge in [-0.05, 0) is 13.5 Å². The monoisotopic (exact) mass is 306 g/mol. The van der Waals surface area contributed by atoms with E-state index < -0.39 is 0 Å². The smallest absolute Gasteiger partial charge is 0.253 e. The van der Waals surface area contributed by atoms with Crippen LogP contribution in [0.4, 0.5) is 0 Å². The van der Waals surface area contributed by atoms with Gasteiger partial charge in [0.2, 0.25) is 5.91 Å². The number of carbonyl (C=O) groups excluding carboxylic acids is 1. The summed E-state index contributed by atoms with van der Waals surface area (Å²) in [6.07, 6.45) is 4.37. The van der Waals surface area contributed by atoms with Gasteiger partial charge in [-0.25, -0.2) is 4.98 Å². The Bertz CT molecular complexity index is 588. The van der Waals surface area contributed by atoms with Crippen LogP contribution in [-0.2, 0) is 16.1 Å². The van der Waals surface area contributed by atoms with Crippen LogP contribution in [0.15, 0.2) is 23.4 Å². The number of rotatable bonds is 3. The molecule has 2 aliphatic rings. The second kappa shape index (κ2) is 6.58. The van der Waals surface area contributed by atoms with Crippen LogP contribution in [0, 0.1) is 0 Å². The van der Waals surface area contributed by atoms with E-state index in [4.69, 9.17) is 4.74 Å². The Balaban J connectivity index is 1.63. The van der Waals surface area contributed by atoms with Gasteiger partial charge in [0, 0.05) is 44.9 Å². The lowest BCUT2D eigenvalue weighted by molar-refractivity contribution is -0.152. The van der Waals surface area contributed by atoms with E-state index in [2.05, 4.69) is 16.9 Å². The number of nitrogens with zero attached hydrogens (tertiary/aromatic N) is 4. The van der Waals surface area contributed by atoms with Gasteiger partial charge in [-0.1, -0.05) is 0 Å². The molecule has 0 bridgehead atoms. The summed E-state index contributed by atoms with van der Waals surface area (Å²) >= 11 is 0. The third kappa shape index (κ3) is 3.20. The molecule has 0 saturated carbocycles. The number of amides is 1. The van der Waals surface area contributed by atoms with Crippen LogP contribution in [0.2, 0.25) is 0 Å². The Morgan fingerprint density at radius 2 is 2.32 bits per heavy atom. The van der Waals surface area contributed by atoms with Gasteiger partial charge >= 0.3 is 0 Å². The lowest BCUT2D eigenvalue weighted by Gasteiger charge is -2.46. The van der Waals surface area contributed by atoms with Gasteiger partial charge in [-0.2, -0.15) is 0 Å². The molecule has 0 unspecified atom stereocenters. The van der Waals surface area contributed by atoms with E-state index in [0.29, 0.717) is 26.1 Å². The number of hydrogen-bond donors (Lipinski definition) is 0. The van der Waals surface area contributed by atoms with E-state index in [1.165, 1.54) is 23.2 Å². The fourth-order valence-electron chi connectivity index (χ4n) is 3.25. The largest absolute Gasteiger partial charge is 0.374 e. The van der Waals surface area contributed by atoms with Gasteiger partial charge in [0.05, 0.1) is 25.1 Å². The molecule has 22 heavy (non-hydrogen) atoms. The van der Waals surface area contributed by atoms with Gasteiger partial charge in [0.15, 0.2) is 0 Å². The first-order chi connectivity index (χ1) is 10.6. The minimum atomic E-state index is -0.125. The number of aryl methyl sites for hydroxylation is 1. The molecule has 0 spiro atoms. The van der Waals surface area contributed by atoms with Crippen LogP contribution in [0.25, 0.3) is 0 Å². The fourth-order valence-corrected chi connectivity index (χ4v) is 3.25. The van der Waals surface area contributed by atoms with Crippen LogP contribution in [0.1, 0.15) is 12.8 Å². The standard InChI is InChI=1S/C15H22N4O3/c1-17-6-3-13-12(10-17)19(8-9-22-13)15(21)4-7-18-11-16-5-2-14(18)20/h2,5,11-13H,3-4,6-10H2,1H3/t12-,13-/m1/s1. The molecule has 2 saturated heterocycles. The summed E-state index contributed by atoms with van der Waals surface area (Å²) in [6.45, 7) is 3.47. The third-order valence-electron chi connectivity index (χ3n) is 4.47. The number of likely N-dealkylation sites (N-methyl/N-ethyl adjacent to an activating group) is 1. The predicted molar refractivity (Wildman–Crippen MR) is 80.5 cm³/mol. The molecule has 0 N–H and O–H groups in total. The molecule has 0 radical (unpaired) electrons. The van der Waals surface area contributed by atoms with Crippen molar-refractivity contribution in [3.05, 3.63) is 28.9 Å². The van der Waals surface area contributed by atoms with Crippen molar-refractivity contribution >= 4 is 5.91 Å². The van der Waals surface area contributed by atoms with Crippen LogP contribution in [-0.4, -0.2) is 70.7 Å². The van der Waals surface area contributed by atoms with Crippen molar-refractivity contribution in [3.8, 4) is 0 Å². The molecular weight excluding hydrogens is 284 g/mol. The summed E-state index contributed by atoms with van der Waals surface area (Å²) in [7, 11) is 2.07. The van der Waals surface area contributed by atoms with E-state index in [1.54, 1.807) is 0 Å². The van der Waals surface area contributed by atoms with Crippen molar-refractivity contribution < 1.29 is 9.53 Å². The molecule has 1 aromatic rings. The second-order valence-corrected chi connectivity index (χ2v) is 5.98. The zero-order valence-corrected chi connectivity index (χ0v) is 12.9. The molecule has 2 fully saturated rings. The molecule has 1 amide bonds. The van der Waals surface area contributed by atoms with Gasteiger partial charge in [-0.15, -0.1) is 0 Å². The third-order valence-corrected chi connectivity index (χ3v) is 4.47. The number of morpholine rings is 1. The molecule has 7 heteroatoms. The summed E-state index contributed by atoms with van der Waals surface area (Å²) in [4.78, 5) is 32.3. The Morgan fingerprint density at radius 3 is 3.14 bits per heavy atom. The summed E-state index contributed by atoms with van der Waals surface area (Å²) in [5, 5.41) is 0. The molecule has 0 aromatic carbocycles. The number of fused-ring (bicyclic) bond motifs is 1. The zero-order chi connectivity index (χ0) is 15.5. The maximum Gasteiger partial charge on any atom is 0.253 e. The Hall–Kier alpha value is -1.73. The average Bonchev–Trinajstić information content (AvgIpc) is 2.53. The Labute approximate surface area is 129 Å². The Morgan fingerprint density at radius 1 is 1.45 bits per heavy atom. The SMILES string of the molecule is CN1CC[C@H]2OCCN(C(=O)CCn3cnccc3=O)[C@@H]2C1. The highest BCUT2D eigenvalue weighted by Gasteiger charge is 2.38. The fraction of sp³-hybridized carbons (Fsp3) is 0.667. The lowest BCUT2D eigenvalue weighted by Crippen LogP contribution is -2.60. The molecule has 3 rings (SSSR count). The number of carbonyl (C=O) groups is 1. The topological polar surface area (TPSA) is 67.7 Å². The number of aromatic nitrogens is 2. The lowest BCUT2D eigenvalue weighted by atomic mass is 9.99. The van der Waals surface area contributed by atoms with E-state index in [0.717, 1.165) is 19.5 Å². The highest BCUT2D eigenvalue weighted by Crippen LogP contribution is 2.23. The first-order valence-electron chi connectivity index (χ1n) is 7.75. The van der Waals surface area contributed by atoms with Crippen molar-refractivity contribution in [1.29, 1.82) is 0 Å². The molecule has 2 aliphatic heterocycles. The average molecular weight is 306 g/mol. The molecule has 3 heterocycles. The molecular formula is C15H22N4O3. The number of likely N-dealkylation sites (tertiary alicyclic amines) is 1. The Kier molecular flexibility index (Phi) is 4.54. The molecule has 1 aromatic heterocycles. The highest BCUT2D eigenvalue weighted by molar-refractivity contribution is 5.76. The zero-order valence-electron chi connectivity index (χ0n) is 12.9. The van der Waals surface area contributed by atoms with E-state index in [1.807, 2.05) is 4.90 Å². The molecule has 7 nitrogen and oxygen atoms in total. The van der Waals surface area contributed by atoms with Crippen molar-refractivity contribution in [2.45, 2.75) is 31.5 Å². The second-order valence-electron chi connectivity index (χ2n) is 5.98. The first kappa shape index (κ1) is 15.2. The number of piperidine rings is 1. The van der Waals surface area contributed by atoms with Gasteiger partial charge in [0.1, 0.15) is 0 Å². The first-order valence-corrected chi connectivity index (χ1v) is 7.75. The quantitative estimate of drug-likeness (QED) is 0.758. The van der Waals surface area contributed by atoms with E-state index in [-0.39, 0.29) is 23.6 Å². The van der Waals surface area contributed by atoms with Crippen LogP contribution >= 0.6 is 0 Å². The van der Waals surface area contributed by atoms with E-state index in [9.17, 15) is 9.59 Å². The van der Waals surface area contributed by atoms with Gasteiger partial charge in [-0.3, -0.25) is 14.2 Å². The summed E-state index contributed by atoms with van der Waals surface area (Å²) in [5.74, 6) is 0.0874. The van der Waals surface area contributed by atoms with Gasteiger partial charge < -0.3 is 14.5 Å². The minimum absolute atomic E-state index is 0.0874. The number of hydrogen-bond acceptors (Lipinski definition) is 5. The van der Waals surface area contributed by atoms with E-state index >= 15 is 0 Å². The highest BCUT2D eigenvalue weighted by atomic mass is 16.5.